The first kappa shape index (κ1) is 19.9. The molecule has 0 saturated heterocycles. The molecule has 0 amide bonds. The molecule has 5 nitrogen and oxygen atoms in total. The highest BCUT2D eigenvalue weighted by Gasteiger charge is 2.49. The number of carbonyl (C=O) groups is 1. The lowest BCUT2D eigenvalue weighted by molar-refractivity contribution is -0.124. The molecule has 0 spiro atoms. The van der Waals surface area contributed by atoms with Gasteiger partial charge in [-0.15, -0.1) is 0 Å². The van der Waals surface area contributed by atoms with E-state index in [-0.39, 0.29) is 29.5 Å². The second kappa shape index (κ2) is 6.36. The first-order chi connectivity index (χ1) is 12.4. The van der Waals surface area contributed by atoms with Gasteiger partial charge < -0.3 is 5.73 Å². The van der Waals surface area contributed by atoms with Crippen molar-refractivity contribution in [3.63, 3.8) is 0 Å². The van der Waals surface area contributed by atoms with Crippen molar-refractivity contribution in [2.75, 3.05) is 5.75 Å². The molecule has 8 heteroatoms. The molecule has 148 valence electrons. The van der Waals surface area contributed by atoms with E-state index in [9.17, 15) is 22.0 Å². The molecule has 1 aliphatic heterocycles. The Balaban J connectivity index is 2.05. The molecule has 1 aliphatic carbocycles. The molecule has 0 aromatic heterocycles. The van der Waals surface area contributed by atoms with Crippen molar-refractivity contribution in [1.82, 2.24) is 0 Å². The van der Waals surface area contributed by atoms with Gasteiger partial charge in [0.2, 0.25) is 0 Å². The van der Waals surface area contributed by atoms with Gasteiger partial charge in [0, 0.05) is 17.9 Å². The predicted molar refractivity (Wildman–Crippen MR) is 99.3 cm³/mol. The number of nitrogens with two attached hydrogens (primary N) is 1. The standard InChI is InChI=1S/C19H24F2N2O3S/c1-18(2)17(22)23-19(3,10-27(18,25)26)13-7-11(8-14(20)16(13)21)9-15(24)12-5-4-6-12/h7-8,12H,4-6,9-10H2,1-3H3,(H2,22,23)/t19-/m0/s1. The summed E-state index contributed by atoms with van der Waals surface area (Å²) < 4.78 is 52.8. The van der Waals surface area contributed by atoms with Gasteiger partial charge in [-0.25, -0.2) is 17.2 Å². The monoisotopic (exact) mass is 398 g/mol. The van der Waals surface area contributed by atoms with E-state index in [1.54, 1.807) is 0 Å². The van der Waals surface area contributed by atoms with Crippen LogP contribution in [0, 0.1) is 17.6 Å². The fourth-order valence-corrected chi connectivity index (χ4v) is 5.18. The van der Waals surface area contributed by atoms with Crippen LogP contribution >= 0.6 is 0 Å². The second-order valence-electron chi connectivity index (χ2n) is 8.25. The highest BCUT2D eigenvalue weighted by atomic mass is 32.2. The van der Waals surface area contributed by atoms with E-state index in [1.165, 1.54) is 26.8 Å². The molecule has 1 fully saturated rings. The van der Waals surface area contributed by atoms with Crippen LogP contribution < -0.4 is 5.73 Å². The van der Waals surface area contributed by atoms with Gasteiger partial charge in [0.05, 0.1) is 5.75 Å². The Morgan fingerprint density at radius 2 is 1.89 bits per heavy atom. The molecule has 1 aromatic rings. The molecule has 1 saturated carbocycles. The first-order valence-corrected chi connectivity index (χ1v) is 10.6. The van der Waals surface area contributed by atoms with E-state index < -0.39 is 37.5 Å². The Morgan fingerprint density at radius 3 is 2.41 bits per heavy atom. The van der Waals surface area contributed by atoms with Gasteiger partial charge in [-0.05, 0) is 51.3 Å². The molecule has 0 bridgehead atoms. The quantitative estimate of drug-likeness (QED) is 0.844. The van der Waals surface area contributed by atoms with Gasteiger partial charge in [0.25, 0.3) is 0 Å². The number of amidine groups is 1. The van der Waals surface area contributed by atoms with Crippen LogP contribution in [0.15, 0.2) is 17.1 Å². The van der Waals surface area contributed by atoms with Gasteiger partial charge in [-0.3, -0.25) is 9.79 Å². The van der Waals surface area contributed by atoms with Crippen LogP contribution in [-0.2, 0) is 26.6 Å². The molecule has 0 unspecified atom stereocenters. The smallest absolute Gasteiger partial charge is 0.165 e. The van der Waals surface area contributed by atoms with Crippen molar-refractivity contribution < 1.29 is 22.0 Å². The molecule has 2 N–H and O–H groups in total. The number of halogens is 2. The summed E-state index contributed by atoms with van der Waals surface area (Å²) in [4.78, 5) is 16.5. The van der Waals surface area contributed by atoms with Crippen molar-refractivity contribution >= 4 is 21.5 Å². The number of nitrogens with zero attached hydrogens (tertiary/aromatic N) is 1. The molecule has 27 heavy (non-hydrogen) atoms. The third kappa shape index (κ3) is 3.28. The third-order valence-corrected chi connectivity index (χ3v) is 8.55. The normalized spacial score (nSPS) is 26.9. The van der Waals surface area contributed by atoms with Crippen LogP contribution in [0.1, 0.15) is 51.2 Å². The molecule has 1 atom stereocenters. The summed E-state index contributed by atoms with van der Waals surface area (Å²) in [7, 11) is -3.75. The zero-order valence-electron chi connectivity index (χ0n) is 15.7. The fourth-order valence-electron chi connectivity index (χ4n) is 3.50. The zero-order chi connectivity index (χ0) is 20.2. The van der Waals surface area contributed by atoms with E-state index in [4.69, 9.17) is 5.73 Å². The van der Waals surface area contributed by atoms with Crippen LogP contribution in [0.4, 0.5) is 8.78 Å². The maximum absolute atomic E-state index is 14.6. The predicted octanol–water partition coefficient (Wildman–Crippen LogP) is 2.66. The average molecular weight is 398 g/mol. The Kier molecular flexibility index (Phi) is 4.69. The minimum absolute atomic E-state index is 0.0104. The van der Waals surface area contributed by atoms with E-state index in [0.29, 0.717) is 5.56 Å². The number of carbonyl (C=O) groups excluding carboxylic acids is 1. The summed E-state index contributed by atoms with van der Waals surface area (Å²) in [5, 5.41) is 0. The zero-order valence-corrected chi connectivity index (χ0v) is 16.5. The van der Waals surface area contributed by atoms with Crippen molar-refractivity contribution in [3.8, 4) is 0 Å². The van der Waals surface area contributed by atoms with Gasteiger partial charge in [0.1, 0.15) is 21.9 Å². The number of sulfone groups is 1. The summed E-state index contributed by atoms with van der Waals surface area (Å²) in [6.45, 7) is 4.29. The van der Waals surface area contributed by atoms with Gasteiger partial charge in [-0.2, -0.15) is 0 Å². The minimum atomic E-state index is -3.75. The molecular formula is C19H24F2N2O3S. The maximum Gasteiger partial charge on any atom is 0.165 e. The van der Waals surface area contributed by atoms with Crippen LogP contribution in [0.2, 0.25) is 0 Å². The van der Waals surface area contributed by atoms with Crippen LogP contribution in [-0.4, -0.2) is 30.5 Å². The Morgan fingerprint density at radius 1 is 1.26 bits per heavy atom. The summed E-state index contributed by atoms with van der Waals surface area (Å²) in [6.07, 6.45) is 2.63. The first-order valence-electron chi connectivity index (χ1n) is 8.96. The van der Waals surface area contributed by atoms with E-state index in [0.717, 1.165) is 25.3 Å². The van der Waals surface area contributed by atoms with Crippen molar-refractivity contribution in [2.45, 2.75) is 56.7 Å². The number of ketones is 1. The van der Waals surface area contributed by atoms with Gasteiger partial charge in [-0.1, -0.05) is 6.42 Å². The lowest BCUT2D eigenvalue weighted by atomic mass is 9.80. The summed E-state index contributed by atoms with van der Waals surface area (Å²) in [6, 6.07) is 2.34. The number of benzene rings is 1. The Bertz CT molecular complexity index is 937. The average Bonchev–Trinajstić information content (AvgIpc) is 2.46. The third-order valence-electron chi connectivity index (χ3n) is 5.84. The molecule has 2 aliphatic rings. The van der Waals surface area contributed by atoms with Crippen molar-refractivity contribution in [3.05, 3.63) is 34.9 Å². The van der Waals surface area contributed by atoms with Crippen molar-refractivity contribution in [2.24, 2.45) is 16.6 Å². The highest BCUT2D eigenvalue weighted by Crippen LogP contribution is 2.39. The summed E-state index contributed by atoms with van der Waals surface area (Å²) >= 11 is 0. The van der Waals surface area contributed by atoms with Gasteiger partial charge >= 0.3 is 0 Å². The topological polar surface area (TPSA) is 89.6 Å². The Labute approximate surface area is 158 Å². The molecule has 1 aromatic carbocycles. The van der Waals surface area contributed by atoms with Crippen molar-refractivity contribution in [1.29, 1.82) is 0 Å². The van der Waals surface area contributed by atoms with Crippen LogP contribution in [0.3, 0.4) is 0 Å². The van der Waals surface area contributed by atoms with E-state index in [1.807, 2.05) is 0 Å². The van der Waals surface area contributed by atoms with E-state index >= 15 is 0 Å². The largest absolute Gasteiger partial charge is 0.386 e. The lowest BCUT2D eigenvalue weighted by Crippen LogP contribution is -2.55. The number of Topliss-reactive ketones (excluding diaryl/α,β-unsaturated/α-hetero) is 1. The maximum atomic E-state index is 14.6. The number of hydrogen-bond acceptors (Lipinski definition) is 5. The Hall–Kier alpha value is -1.83. The molecule has 3 rings (SSSR count). The van der Waals surface area contributed by atoms with Crippen LogP contribution in [0.25, 0.3) is 0 Å². The highest BCUT2D eigenvalue weighted by molar-refractivity contribution is 7.93. The fraction of sp³-hybridized carbons (Fsp3) is 0.579. The summed E-state index contributed by atoms with van der Waals surface area (Å²) in [5.74, 6) is -2.97. The summed E-state index contributed by atoms with van der Waals surface area (Å²) in [5.41, 5.74) is 4.44. The number of hydrogen-bond donors (Lipinski definition) is 1. The lowest BCUT2D eigenvalue weighted by Gasteiger charge is -2.38. The SMILES string of the molecule is CC1(C)C(N)=N[C@](C)(c2cc(CC(=O)C3CCC3)cc(F)c2F)CS1(=O)=O. The van der Waals surface area contributed by atoms with Crippen LogP contribution in [0.5, 0.6) is 0 Å². The molecule has 0 radical (unpaired) electrons. The minimum Gasteiger partial charge on any atom is -0.386 e. The number of rotatable bonds is 4. The molecule has 1 heterocycles. The molecular weight excluding hydrogens is 374 g/mol. The number of aliphatic imine (C=N–C) groups is 1. The van der Waals surface area contributed by atoms with Gasteiger partial charge in [0.15, 0.2) is 21.5 Å². The van der Waals surface area contributed by atoms with E-state index in [2.05, 4.69) is 4.99 Å². The second-order valence-corrected chi connectivity index (χ2v) is 10.8.